The SMILES string of the molecule is Cc1cc(C(=O)Nc2ccc3nc(N4CCOCC4)sc3c2)c(C)n1Cc1cccs1. The number of rotatable bonds is 5. The molecule has 1 saturated heterocycles. The fourth-order valence-corrected chi connectivity index (χ4v) is 5.66. The van der Waals surface area contributed by atoms with Crippen LogP contribution in [0.25, 0.3) is 10.2 Å². The van der Waals surface area contributed by atoms with Crippen LogP contribution in [0.4, 0.5) is 10.8 Å². The van der Waals surface area contributed by atoms with Gasteiger partial charge in [0.25, 0.3) is 5.91 Å². The first-order valence-corrected chi connectivity index (χ1v) is 12.0. The van der Waals surface area contributed by atoms with Crippen molar-refractivity contribution in [2.24, 2.45) is 0 Å². The Morgan fingerprint density at radius 1 is 1.19 bits per heavy atom. The minimum atomic E-state index is -0.0807. The van der Waals surface area contributed by atoms with E-state index in [1.54, 1.807) is 22.7 Å². The van der Waals surface area contributed by atoms with Gasteiger partial charge in [0.05, 0.1) is 35.5 Å². The minimum Gasteiger partial charge on any atom is -0.378 e. The molecule has 5 rings (SSSR count). The maximum Gasteiger partial charge on any atom is 0.257 e. The number of hydrogen-bond donors (Lipinski definition) is 1. The fraction of sp³-hybridized carbons (Fsp3) is 0.304. The van der Waals surface area contributed by atoms with E-state index in [0.29, 0.717) is 5.56 Å². The van der Waals surface area contributed by atoms with Gasteiger partial charge in [0.1, 0.15) is 0 Å². The first-order valence-electron chi connectivity index (χ1n) is 10.3. The molecule has 0 spiro atoms. The Labute approximate surface area is 189 Å². The van der Waals surface area contributed by atoms with Crippen LogP contribution in [0, 0.1) is 13.8 Å². The van der Waals surface area contributed by atoms with Gasteiger partial charge in [0, 0.05) is 35.0 Å². The molecule has 0 bridgehead atoms. The molecule has 1 amide bonds. The van der Waals surface area contributed by atoms with Crippen LogP contribution >= 0.6 is 22.7 Å². The third kappa shape index (κ3) is 4.11. The Morgan fingerprint density at radius 2 is 2.03 bits per heavy atom. The van der Waals surface area contributed by atoms with Crippen LogP contribution in [0.3, 0.4) is 0 Å². The van der Waals surface area contributed by atoms with Crippen LogP contribution < -0.4 is 10.2 Å². The molecule has 160 valence electrons. The van der Waals surface area contributed by atoms with Crippen molar-refractivity contribution >= 4 is 49.6 Å². The van der Waals surface area contributed by atoms with E-state index in [9.17, 15) is 4.79 Å². The highest BCUT2D eigenvalue weighted by Gasteiger charge is 2.18. The predicted molar refractivity (Wildman–Crippen MR) is 128 cm³/mol. The lowest BCUT2D eigenvalue weighted by Gasteiger charge is -2.25. The van der Waals surface area contributed by atoms with Gasteiger partial charge >= 0.3 is 0 Å². The largest absolute Gasteiger partial charge is 0.378 e. The smallest absolute Gasteiger partial charge is 0.257 e. The molecule has 6 nitrogen and oxygen atoms in total. The Hall–Kier alpha value is -2.68. The first kappa shape index (κ1) is 20.2. The van der Waals surface area contributed by atoms with Gasteiger partial charge in [-0.25, -0.2) is 4.98 Å². The lowest BCUT2D eigenvalue weighted by atomic mass is 10.2. The number of morpholine rings is 1. The van der Waals surface area contributed by atoms with E-state index >= 15 is 0 Å². The van der Waals surface area contributed by atoms with Crippen molar-refractivity contribution in [1.29, 1.82) is 0 Å². The van der Waals surface area contributed by atoms with Gasteiger partial charge in [-0.2, -0.15) is 0 Å². The quantitative estimate of drug-likeness (QED) is 0.467. The van der Waals surface area contributed by atoms with E-state index in [4.69, 9.17) is 9.72 Å². The van der Waals surface area contributed by atoms with Crippen LogP contribution in [0.1, 0.15) is 26.6 Å². The topological polar surface area (TPSA) is 59.4 Å². The number of anilines is 2. The molecule has 3 aromatic heterocycles. The van der Waals surface area contributed by atoms with Crippen LogP contribution in [0.2, 0.25) is 0 Å². The molecule has 0 radical (unpaired) electrons. The summed E-state index contributed by atoms with van der Waals surface area (Å²) in [4.78, 5) is 21.3. The van der Waals surface area contributed by atoms with Crippen molar-refractivity contribution in [3.63, 3.8) is 0 Å². The Kier molecular flexibility index (Phi) is 5.52. The number of aryl methyl sites for hydroxylation is 1. The third-order valence-corrected chi connectivity index (χ3v) is 7.57. The van der Waals surface area contributed by atoms with Gasteiger partial charge in [0.2, 0.25) is 0 Å². The van der Waals surface area contributed by atoms with Crippen LogP contribution in [-0.4, -0.2) is 41.8 Å². The fourth-order valence-electron chi connectivity index (χ4n) is 3.91. The van der Waals surface area contributed by atoms with Crippen LogP contribution in [0.15, 0.2) is 41.8 Å². The van der Waals surface area contributed by atoms with Gasteiger partial charge < -0.3 is 19.5 Å². The maximum absolute atomic E-state index is 13.0. The summed E-state index contributed by atoms with van der Waals surface area (Å²) in [6, 6.07) is 12.1. The minimum absolute atomic E-state index is 0.0807. The number of benzene rings is 1. The highest BCUT2D eigenvalue weighted by molar-refractivity contribution is 7.22. The summed E-state index contributed by atoms with van der Waals surface area (Å²) in [6.07, 6.45) is 0. The molecule has 0 atom stereocenters. The number of nitrogens with zero attached hydrogens (tertiary/aromatic N) is 3. The van der Waals surface area contributed by atoms with E-state index in [-0.39, 0.29) is 5.91 Å². The molecule has 4 aromatic rings. The van der Waals surface area contributed by atoms with Gasteiger partial charge in [-0.3, -0.25) is 4.79 Å². The van der Waals surface area contributed by atoms with E-state index in [2.05, 4.69) is 32.3 Å². The highest BCUT2D eigenvalue weighted by atomic mass is 32.1. The van der Waals surface area contributed by atoms with Crippen molar-refractivity contribution in [3.05, 3.63) is 63.6 Å². The average Bonchev–Trinajstić information content (AvgIpc) is 3.50. The molecule has 4 heterocycles. The summed E-state index contributed by atoms with van der Waals surface area (Å²) >= 11 is 3.39. The number of hydrogen-bond acceptors (Lipinski definition) is 6. The lowest BCUT2D eigenvalue weighted by Crippen LogP contribution is -2.36. The third-order valence-electron chi connectivity index (χ3n) is 5.63. The molecule has 1 aliphatic rings. The predicted octanol–water partition coefficient (Wildman–Crippen LogP) is 4.91. The van der Waals surface area contributed by atoms with Crippen molar-refractivity contribution in [2.75, 3.05) is 36.5 Å². The van der Waals surface area contributed by atoms with E-state index in [0.717, 1.165) is 65.3 Å². The zero-order valence-electron chi connectivity index (χ0n) is 17.6. The standard InChI is InChI=1S/C23H24N4O2S2/c1-15-12-19(16(2)27(15)14-18-4-3-11-30-18)22(28)24-17-5-6-20-21(13-17)31-23(25-20)26-7-9-29-10-8-26/h3-6,11-13H,7-10,14H2,1-2H3,(H,24,28). The molecule has 31 heavy (non-hydrogen) atoms. The molecule has 1 aromatic carbocycles. The normalized spacial score (nSPS) is 14.3. The molecule has 1 fully saturated rings. The lowest BCUT2D eigenvalue weighted by molar-refractivity contribution is 0.102. The van der Waals surface area contributed by atoms with Gasteiger partial charge in [-0.05, 0) is 49.6 Å². The summed E-state index contributed by atoms with van der Waals surface area (Å²) in [7, 11) is 0. The van der Waals surface area contributed by atoms with Crippen LogP contribution in [-0.2, 0) is 11.3 Å². The summed E-state index contributed by atoms with van der Waals surface area (Å²) in [5.41, 5.74) is 4.53. The first-order chi connectivity index (χ1) is 15.1. The van der Waals surface area contributed by atoms with Crippen molar-refractivity contribution in [1.82, 2.24) is 9.55 Å². The second-order valence-corrected chi connectivity index (χ2v) is 9.72. The monoisotopic (exact) mass is 452 g/mol. The number of fused-ring (bicyclic) bond motifs is 1. The van der Waals surface area contributed by atoms with Crippen molar-refractivity contribution in [2.45, 2.75) is 20.4 Å². The number of thiazole rings is 1. The maximum atomic E-state index is 13.0. The van der Waals surface area contributed by atoms with Gasteiger partial charge in [-0.15, -0.1) is 11.3 Å². The molecule has 1 aliphatic heterocycles. The molecule has 8 heteroatoms. The summed E-state index contributed by atoms with van der Waals surface area (Å²) in [5, 5.41) is 6.17. The molecule has 1 N–H and O–H groups in total. The summed E-state index contributed by atoms with van der Waals surface area (Å²) < 4.78 is 8.70. The second-order valence-electron chi connectivity index (χ2n) is 7.68. The van der Waals surface area contributed by atoms with Gasteiger partial charge in [-0.1, -0.05) is 17.4 Å². The van der Waals surface area contributed by atoms with Crippen LogP contribution in [0.5, 0.6) is 0 Å². The molecule has 0 unspecified atom stereocenters. The second kappa shape index (κ2) is 8.45. The average molecular weight is 453 g/mol. The zero-order valence-corrected chi connectivity index (χ0v) is 19.2. The summed E-state index contributed by atoms with van der Waals surface area (Å²) in [6.45, 7) is 8.06. The number of carbonyl (C=O) groups is 1. The van der Waals surface area contributed by atoms with Crippen molar-refractivity contribution < 1.29 is 9.53 Å². The van der Waals surface area contributed by atoms with E-state index in [1.165, 1.54) is 4.88 Å². The summed E-state index contributed by atoms with van der Waals surface area (Å²) in [5.74, 6) is -0.0807. The number of ether oxygens (including phenoxy) is 1. The number of amides is 1. The van der Waals surface area contributed by atoms with E-state index in [1.807, 2.05) is 38.1 Å². The Bertz CT molecular complexity index is 1220. The highest BCUT2D eigenvalue weighted by Crippen LogP contribution is 2.31. The molecular weight excluding hydrogens is 428 g/mol. The molecular formula is C23H24N4O2S2. The number of thiophene rings is 1. The zero-order chi connectivity index (χ0) is 21.4. The molecule has 0 aliphatic carbocycles. The number of aromatic nitrogens is 2. The number of carbonyl (C=O) groups excluding carboxylic acids is 1. The Morgan fingerprint density at radius 3 is 2.81 bits per heavy atom. The van der Waals surface area contributed by atoms with Gasteiger partial charge in [0.15, 0.2) is 5.13 Å². The van der Waals surface area contributed by atoms with Crippen molar-refractivity contribution in [3.8, 4) is 0 Å². The van der Waals surface area contributed by atoms with E-state index < -0.39 is 0 Å². The Balaban J connectivity index is 1.35. The molecule has 0 saturated carbocycles. The number of nitrogens with one attached hydrogen (secondary N) is 1.